The summed E-state index contributed by atoms with van der Waals surface area (Å²) in [5, 5.41) is 2.07. The van der Waals surface area contributed by atoms with Crippen LogP contribution in [0.4, 0.5) is 0 Å². The lowest BCUT2D eigenvalue weighted by Crippen LogP contribution is -2.14. The largest absolute Gasteiger partial charge is 0.294 e. The van der Waals surface area contributed by atoms with Crippen LogP contribution in [-0.4, -0.2) is 10.8 Å². The van der Waals surface area contributed by atoms with Crippen LogP contribution in [0.15, 0.2) is 36.7 Å². The monoisotopic (exact) mass is 255 g/mol. The molecule has 1 unspecified atom stereocenters. The Morgan fingerprint density at radius 2 is 2.00 bits per heavy atom. The minimum atomic E-state index is 0.132. The fraction of sp³-hybridized carbons (Fsp3) is 0.412. The average molecular weight is 255 g/mol. The zero-order valence-corrected chi connectivity index (χ0v) is 11.7. The molecule has 2 rings (SSSR count). The predicted octanol–water partition coefficient (Wildman–Crippen LogP) is 4.63. The maximum atomic E-state index is 12.7. The standard InChI is InChI=1S/C17H21NO/c1-3-5-8-13(4-2)17(19)16-12-18-11-14-9-6-7-10-15(14)16/h6-7,9-13H,3-5,8H2,1-2H3. The maximum Gasteiger partial charge on any atom is 0.168 e. The van der Waals surface area contributed by atoms with E-state index in [1.54, 1.807) is 6.20 Å². The molecule has 0 saturated carbocycles. The van der Waals surface area contributed by atoms with Crippen LogP contribution in [0, 0.1) is 5.92 Å². The summed E-state index contributed by atoms with van der Waals surface area (Å²) in [7, 11) is 0. The molecule has 2 nitrogen and oxygen atoms in total. The van der Waals surface area contributed by atoms with Crippen molar-refractivity contribution in [2.45, 2.75) is 39.5 Å². The van der Waals surface area contributed by atoms with Gasteiger partial charge in [0, 0.05) is 29.3 Å². The van der Waals surface area contributed by atoms with Crippen LogP contribution in [0.2, 0.25) is 0 Å². The van der Waals surface area contributed by atoms with Gasteiger partial charge >= 0.3 is 0 Å². The molecule has 0 N–H and O–H groups in total. The number of hydrogen-bond acceptors (Lipinski definition) is 2. The molecule has 0 amide bonds. The number of carbonyl (C=O) groups excluding carboxylic acids is 1. The number of benzene rings is 1. The Balaban J connectivity index is 2.35. The number of carbonyl (C=O) groups is 1. The van der Waals surface area contributed by atoms with Gasteiger partial charge < -0.3 is 0 Å². The third-order valence-electron chi connectivity index (χ3n) is 3.70. The molecule has 0 spiro atoms. The molecule has 1 atom stereocenters. The molecular formula is C17H21NO. The molecule has 0 fully saturated rings. The second-order valence-electron chi connectivity index (χ2n) is 5.02. The molecule has 0 saturated heterocycles. The number of pyridine rings is 1. The van der Waals surface area contributed by atoms with Gasteiger partial charge in [0.25, 0.3) is 0 Å². The van der Waals surface area contributed by atoms with Crippen LogP contribution in [0.3, 0.4) is 0 Å². The second-order valence-corrected chi connectivity index (χ2v) is 5.02. The maximum absolute atomic E-state index is 12.7. The summed E-state index contributed by atoms with van der Waals surface area (Å²) >= 11 is 0. The van der Waals surface area contributed by atoms with Gasteiger partial charge in [-0.25, -0.2) is 0 Å². The molecule has 19 heavy (non-hydrogen) atoms. The van der Waals surface area contributed by atoms with Crippen molar-refractivity contribution in [1.82, 2.24) is 4.98 Å². The van der Waals surface area contributed by atoms with Crippen molar-refractivity contribution in [1.29, 1.82) is 0 Å². The molecule has 0 aliphatic carbocycles. The minimum Gasteiger partial charge on any atom is -0.294 e. The Labute approximate surface area is 114 Å². The third-order valence-corrected chi connectivity index (χ3v) is 3.70. The lowest BCUT2D eigenvalue weighted by Gasteiger charge is -2.14. The number of hydrogen-bond donors (Lipinski definition) is 0. The molecule has 1 aromatic carbocycles. The van der Waals surface area contributed by atoms with Crippen molar-refractivity contribution in [3.63, 3.8) is 0 Å². The van der Waals surface area contributed by atoms with E-state index < -0.39 is 0 Å². The first-order chi connectivity index (χ1) is 9.27. The lowest BCUT2D eigenvalue weighted by atomic mass is 9.89. The highest BCUT2D eigenvalue weighted by molar-refractivity contribution is 6.08. The highest BCUT2D eigenvalue weighted by atomic mass is 16.1. The SMILES string of the molecule is CCCCC(CC)C(=O)c1cncc2ccccc12. The van der Waals surface area contributed by atoms with E-state index in [2.05, 4.69) is 18.8 Å². The highest BCUT2D eigenvalue weighted by Crippen LogP contribution is 2.24. The fourth-order valence-corrected chi connectivity index (χ4v) is 2.50. The highest BCUT2D eigenvalue weighted by Gasteiger charge is 2.19. The Kier molecular flexibility index (Phi) is 4.67. The summed E-state index contributed by atoms with van der Waals surface area (Å²) in [6, 6.07) is 7.97. The van der Waals surface area contributed by atoms with E-state index in [1.807, 2.05) is 30.5 Å². The lowest BCUT2D eigenvalue weighted by molar-refractivity contribution is 0.0909. The minimum absolute atomic E-state index is 0.132. The van der Waals surface area contributed by atoms with Crippen LogP contribution < -0.4 is 0 Å². The molecule has 1 aromatic heterocycles. The Hall–Kier alpha value is -1.70. The van der Waals surface area contributed by atoms with E-state index in [0.29, 0.717) is 0 Å². The molecule has 0 radical (unpaired) electrons. The van der Waals surface area contributed by atoms with Crippen molar-refractivity contribution >= 4 is 16.6 Å². The summed E-state index contributed by atoms with van der Waals surface area (Å²) in [5.41, 5.74) is 0.779. The normalized spacial score (nSPS) is 12.5. The van der Waals surface area contributed by atoms with E-state index in [9.17, 15) is 4.79 Å². The number of Topliss-reactive ketones (excluding diaryl/α,β-unsaturated/α-hetero) is 1. The van der Waals surface area contributed by atoms with Crippen LogP contribution in [0.5, 0.6) is 0 Å². The number of aromatic nitrogens is 1. The molecule has 0 aliphatic heterocycles. The summed E-state index contributed by atoms with van der Waals surface area (Å²) in [4.78, 5) is 16.9. The van der Waals surface area contributed by atoms with Crippen molar-refractivity contribution in [2.75, 3.05) is 0 Å². The molecule has 1 heterocycles. The zero-order valence-electron chi connectivity index (χ0n) is 11.7. The van der Waals surface area contributed by atoms with Crippen molar-refractivity contribution in [3.8, 4) is 0 Å². The third kappa shape index (κ3) is 3.01. The Morgan fingerprint density at radius 1 is 1.21 bits per heavy atom. The number of ketones is 1. The number of nitrogens with zero attached hydrogens (tertiary/aromatic N) is 1. The van der Waals surface area contributed by atoms with E-state index in [-0.39, 0.29) is 11.7 Å². The average Bonchev–Trinajstić information content (AvgIpc) is 2.47. The molecule has 100 valence electrons. The van der Waals surface area contributed by atoms with E-state index >= 15 is 0 Å². The van der Waals surface area contributed by atoms with Gasteiger partial charge in [-0.05, 0) is 18.2 Å². The molecule has 2 heteroatoms. The van der Waals surface area contributed by atoms with Gasteiger partial charge in [-0.3, -0.25) is 9.78 Å². The predicted molar refractivity (Wildman–Crippen MR) is 79.4 cm³/mol. The smallest absolute Gasteiger partial charge is 0.168 e. The van der Waals surface area contributed by atoms with Crippen LogP contribution in [0.25, 0.3) is 10.8 Å². The summed E-state index contributed by atoms with van der Waals surface area (Å²) in [6.45, 7) is 4.26. The van der Waals surface area contributed by atoms with Gasteiger partial charge in [-0.15, -0.1) is 0 Å². The van der Waals surface area contributed by atoms with E-state index in [0.717, 1.165) is 42.0 Å². The first kappa shape index (κ1) is 13.7. The first-order valence-electron chi connectivity index (χ1n) is 7.14. The molecular weight excluding hydrogens is 234 g/mol. The molecule has 0 bridgehead atoms. The van der Waals surface area contributed by atoms with Crippen molar-refractivity contribution in [3.05, 3.63) is 42.2 Å². The second kappa shape index (κ2) is 6.46. The van der Waals surface area contributed by atoms with E-state index in [1.165, 1.54) is 0 Å². The van der Waals surface area contributed by atoms with Gasteiger partial charge in [0.2, 0.25) is 0 Å². The van der Waals surface area contributed by atoms with Crippen LogP contribution in [-0.2, 0) is 0 Å². The van der Waals surface area contributed by atoms with Crippen molar-refractivity contribution in [2.24, 2.45) is 5.92 Å². The van der Waals surface area contributed by atoms with Gasteiger partial charge in [-0.2, -0.15) is 0 Å². The quantitative estimate of drug-likeness (QED) is 0.704. The number of unbranched alkanes of at least 4 members (excludes halogenated alkanes) is 1. The topological polar surface area (TPSA) is 30.0 Å². The van der Waals surface area contributed by atoms with Crippen molar-refractivity contribution < 1.29 is 4.79 Å². The van der Waals surface area contributed by atoms with Crippen LogP contribution >= 0.6 is 0 Å². The van der Waals surface area contributed by atoms with Gasteiger partial charge in [-0.1, -0.05) is 51.0 Å². The molecule has 0 aliphatic rings. The van der Waals surface area contributed by atoms with Gasteiger partial charge in [0.1, 0.15) is 0 Å². The summed E-state index contributed by atoms with van der Waals surface area (Å²) < 4.78 is 0. The van der Waals surface area contributed by atoms with Crippen LogP contribution in [0.1, 0.15) is 49.9 Å². The Morgan fingerprint density at radius 3 is 2.74 bits per heavy atom. The van der Waals surface area contributed by atoms with E-state index in [4.69, 9.17) is 0 Å². The Bertz CT molecular complexity index is 557. The number of rotatable bonds is 6. The van der Waals surface area contributed by atoms with Gasteiger partial charge in [0.05, 0.1) is 0 Å². The van der Waals surface area contributed by atoms with Gasteiger partial charge in [0.15, 0.2) is 5.78 Å². The zero-order chi connectivity index (χ0) is 13.7. The fourth-order valence-electron chi connectivity index (χ4n) is 2.50. The summed E-state index contributed by atoms with van der Waals surface area (Å²) in [5.74, 6) is 0.382. The first-order valence-corrected chi connectivity index (χ1v) is 7.14. The molecule has 2 aromatic rings. The summed E-state index contributed by atoms with van der Waals surface area (Å²) in [6.07, 6.45) is 7.68. The number of fused-ring (bicyclic) bond motifs is 1.